The first kappa shape index (κ1) is 11.9. The van der Waals surface area contributed by atoms with Crippen LogP contribution in [0.1, 0.15) is 40.0 Å². The van der Waals surface area contributed by atoms with Gasteiger partial charge in [-0.1, -0.05) is 20.8 Å². The van der Waals surface area contributed by atoms with Crippen LogP contribution in [0.2, 0.25) is 0 Å². The highest BCUT2D eigenvalue weighted by atomic mass is 16.5. The van der Waals surface area contributed by atoms with Crippen molar-refractivity contribution in [1.29, 1.82) is 0 Å². The molecule has 0 saturated heterocycles. The van der Waals surface area contributed by atoms with Crippen LogP contribution in [-0.4, -0.2) is 25.8 Å². The van der Waals surface area contributed by atoms with E-state index in [9.17, 15) is 0 Å². The Balaban J connectivity index is 0.000000561. The van der Waals surface area contributed by atoms with Gasteiger partial charge in [-0.3, -0.25) is 0 Å². The molecule has 0 aromatic carbocycles. The summed E-state index contributed by atoms with van der Waals surface area (Å²) in [5.74, 6) is 0. The lowest BCUT2D eigenvalue weighted by Crippen LogP contribution is -2.47. The molecule has 0 heterocycles. The van der Waals surface area contributed by atoms with Crippen LogP contribution >= 0.6 is 0 Å². The Hall–Kier alpha value is -0.0800. The molecule has 2 heteroatoms. The zero-order valence-electron chi connectivity index (χ0n) is 8.94. The first-order valence-electron chi connectivity index (χ1n) is 5.09. The minimum Gasteiger partial charge on any atom is -0.377 e. The predicted octanol–water partition coefficient (Wildman–Crippen LogP) is 2.19. The molecule has 1 aliphatic rings. The van der Waals surface area contributed by atoms with E-state index in [4.69, 9.17) is 4.74 Å². The van der Waals surface area contributed by atoms with E-state index in [0.29, 0.717) is 0 Å². The summed E-state index contributed by atoms with van der Waals surface area (Å²) in [6.45, 7) is 8.20. The van der Waals surface area contributed by atoms with Crippen molar-refractivity contribution in [2.24, 2.45) is 0 Å². The van der Waals surface area contributed by atoms with Crippen molar-refractivity contribution >= 4 is 0 Å². The number of hydrogen-bond acceptors (Lipinski definition) is 2. The quantitative estimate of drug-likeness (QED) is 0.703. The van der Waals surface area contributed by atoms with Gasteiger partial charge in [0.2, 0.25) is 0 Å². The number of ether oxygens (including phenoxy) is 1. The lowest BCUT2D eigenvalue weighted by atomic mass is 9.80. The van der Waals surface area contributed by atoms with Crippen LogP contribution in [0.15, 0.2) is 0 Å². The van der Waals surface area contributed by atoms with Gasteiger partial charge >= 0.3 is 0 Å². The van der Waals surface area contributed by atoms with Gasteiger partial charge in [0.25, 0.3) is 0 Å². The fourth-order valence-electron chi connectivity index (χ4n) is 1.38. The fraction of sp³-hybridized carbons (Fsp3) is 1.00. The summed E-state index contributed by atoms with van der Waals surface area (Å²) < 4.78 is 5.41. The average Bonchev–Trinajstić information content (AvgIpc) is 2.08. The lowest BCUT2D eigenvalue weighted by molar-refractivity contribution is -0.0690. The Bertz CT molecular complexity index is 94.5. The second-order valence-electron chi connectivity index (χ2n) is 3.02. The number of nitrogens with one attached hydrogen (secondary N) is 1. The van der Waals surface area contributed by atoms with E-state index in [1.165, 1.54) is 19.3 Å². The summed E-state index contributed by atoms with van der Waals surface area (Å²) in [5, 5.41) is 3.32. The summed E-state index contributed by atoms with van der Waals surface area (Å²) in [6, 6.07) is 0. The van der Waals surface area contributed by atoms with Crippen molar-refractivity contribution < 1.29 is 4.74 Å². The van der Waals surface area contributed by atoms with Crippen molar-refractivity contribution in [2.45, 2.75) is 45.6 Å². The lowest BCUT2D eigenvalue weighted by Gasteiger charge is -2.40. The summed E-state index contributed by atoms with van der Waals surface area (Å²) >= 11 is 0. The molecule has 74 valence electrons. The molecule has 0 aromatic rings. The minimum atomic E-state index is 0.204. The molecular weight excluding hydrogens is 150 g/mol. The van der Waals surface area contributed by atoms with Gasteiger partial charge in [-0.15, -0.1) is 0 Å². The molecule has 0 unspecified atom stereocenters. The van der Waals surface area contributed by atoms with Crippen molar-refractivity contribution in [1.82, 2.24) is 5.32 Å². The monoisotopic (exact) mass is 173 g/mol. The molecule has 2 nitrogen and oxygen atoms in total. The van der Waals surface area contributed by atoms with E-state index in [0.717, 1.165) is 13.1 Å². The van der Waals surface area contributed by atoms with E-state index in [1.807, 2.05) is 21.0 Å². The molecule has 0 amide bonds. The molecule has 1 N–H and O–H groups in total. The smallest absolute Gasteiger partial charge is 0.0802 e. The Morgan fingerprint density at radius 1 is 1.33 bits per heavy atom. The second-order valence-corrected chi connectivity index (χ2v) is 3.02. The van der Waals surface area contributed by atoms with Crippen LogP contribution in [-0.2, 0) is 4.74 Å². The average molecular weight is 173 g/mol. The topological polar surface area (TPSA) is 21.3 Å². The molecule has 0 spiro atoms. The minimum absolute atomic E-state index is 0.204. The number of hydrogen-bond donors (Lipinski definition) is 1. The third-order valence-electron chi connectivity index (χ3n) is 2.39. The zero-order valence-corrected chi connectivity index (χ0v) is 8.94. The van der Waals surface area contributed by atoms with Gasteiger partial charge in [-0.25, -0.2) is 0 Å². The molecule has 0 aliphatic heterocycles. The van der Waals surface area contributed by atoms with Gasteiger partial charge in [-0.2, -0.15) is 0 Å². The van der Waals surface area contributed by atoms with Crippen molar-refractivity contribution in [3.05, 3.63) is 0 Å². The van der Waals surface area contributed by atoms with E-state index in [1.54, 1.807) is 0 Å². The predicted molar refractivity (Wildman–Crippen MR) is 53.5 cm³/mol. The summed E-state index contributed by atoms with van der Waals surface area (Å²) in [4.78, 5) is 0. The zero-order chi connectivity index (χ0) is 9.45. The maximum absolute atomic E-state index is 5.41. The Kier molecular flexibility index (Phi) is 6.39. The van der Waals surface area contributed by atoms with Gasteiger partial charge < -0.3 is 10.1 Å². The third-order valence-corrected chi connectivity index (χ3v) is 2.39. The first-order chi connectivity index (χ1) is 5.83. The maximum Gasteiger partial charge on any atom is 0.0802 e. The number of methoxy groups -OCH3 is 1. The third kappa shape index (κ3) is 3.11. The summed E-state index contributed by atoms with van der Waals surface area (Å²) in [5.41, 5.74) is 0.204. The van der Waals surface area contributed by atoms with Crippen LogP contribution in [0.3, 0.4) is 0 Å². The normalized spacial score (nSPS) is 19.0. The molecule has 0 bridgehead atoms. The van der Waals surface area contributed by atoms with Crippen LogP contribution in [0, 0.1) is 0 Å². The first-order valence-corrected chi connectivity index (χ1v) is 5.09. The van der Waals surface area contributed by atoms with Gasteiger partial charge in [0.05, 0.1) is 5.60 Å². The largest absolute Gasteiger partial charge is 0.377 e. The van der Waals surface area contributed by atoms with Gasteiger partial charge in [0, 0.05) is 13.7 Å². The standard InChI is InChI=1S/C8H17NO.C2H6/c1-3-9-7-8(10-2)5-4-6-8;1-2/h9H,3-7H2,1-2H3;1-2H3. The van der Waals surface area contributed by atoms with Crippen LogP contribution in [0.25, 0.3) is 0 Å². The van der Waals surface area contributed by atoms with Gasteiger partial charge in [0.1, 0.15) is 0 Å². The van der Waals surface area contributed by atoms with E-state index in [-0.39, 0.29) is 5.60 Å². The molecule has 0 atom stereocenters. The fourth-order valence-corrected chi connectivity index (χ4v) is 1.38. The molecule has 12 heavy (non-hydrogen) atoms. The van der Waals surface area contributed by atoms with Crippen molar-refractivity contribution in [2.75, 3.05) is 20.2 Å². The van der Waals surface area contributed by atoms with Crippen LogP contribution in [0.4, 0.5) is 0 Å². The van der Waals surface area contributed by atoms with Crippen LogP contribution < -0.4 is 5.32 Å². The number of likely N-dealkylation sites (N-methyl/N-ethyl adjacent to an activating group) is 1. The van der Waals surface area contributed by atoms with E-state index < -0.39 is 0 Å². The Morgan fingerprint density at radius 3 is 2.17 bits per heavy atom. The highest BCUT2D eigenvalue weighted by Crippen LogP contribution is 2.33. The van der Waals surface area contributed by atoms with Crippen LogP contribution in [0.5, 0.6) is 0 Å². The molecule has 1 rings (SSSR count). The molecule has 0 radical (unpaired) electrons. The molecule has 1 fully saturated rings. The second kappa shape index (κ2) is 6.44. The Morgan fingerprint density at radius 2 is 1.92 bits per heavy atom. The molecule has 1 aliphatic carbocycles. The maximum atomic E-state index is 5.41. The highest BCUT2D eigenvalue weighted by Gasteiger charge is 2.36. The van der Waals surface area contributed by atoms with Gasteiger partial charge in [-0.05, 0) is 25.8 Å². The Labute approximate surface area is 76.7 Å². The van der Waals surface area contributed by atoms with E-state index in [2.05, 4.69) is 12.2 Å². The van der Waals surface area contributed by atoms with Crippen molar-refractivity contribution in [3.8, 4) is 0 Å². The summed E-state index contributed by atoms with van der Waals surface area (Å²) in [7, 11) is 1.82. The SMILES string of the molecule is CC.CCNCC1(OC)CCC1. The van der Waals surface area contributed by atoms with Crippen molar-refractivity contribution in [3.63, 3.8) is 0 Å². The van der Waals surface area contributed by atoms with Gasteiger partial charge in [0.15, 0.2) is 0 Å². The molecule has 1 saturated carbocycles. The number of rotatable bonds is 4. The van der Waals surface area contributed by atoms with E-state index >= 15 is 0 Å². The molecular formula is C10H23NO. The summed E-state index contributed by atoms with van der Waals surface area (Å²) in [6.07, 6.45) is 3.80. The molecule has 0 aromatic heterocycles. The highest BCUT2D eigenvalue weighted by molar-refractivity contribution is 4.91.